The van der Waals surface area contributed by atoms with Crippen molar-refractivity contribution in [1.29, 1.82) is 0 Å². The first-order chi connectivity index (χ1) is 10.2. The molecule has 0 aliphatic heterocycles. The van der Waals surface area contributed by atoms with E-state index < -0.39 is 5.97 Å². The van der Waals surface area contributed by atoms with Crippen LogP contribution < -0.4 is 14.2 Å². The molecule has 1 heterocycles. The van der Waals surface area contributed by atoms with E-state index in [1.165, 1.54) is 39.8 Å². The predicted molar refractivity (Wildman–Crippen MR) is 78.5 cm³/mol. The normalized spacial score (nSPS) is 10.1. The van der Waals surface area contributed by atoms with Crippen molar-refractivity contribution in [3.63, 3.8) is 0 Å². The maximum atomic E-state index is 11.7. The third-order valence-electron chi connectivity index (χ3n) is 2.87. The zero-order valence-electron chi connectivity index (χ0n) is 12.1. The Balaban J connectivity index is 2.60. The Hall–Kier alpha value is -2.28. The summed E-state index contributed by atoms with van der Waals surface area (Å²) in [7, 11) is 5.93. The molecule has 0 bridgehead atoms. The highest BCUT2D eigenvalue weighted by Gasteiger charge is 2.20. The van der Waals surface area contributed by atoms with E-state index in [0.29, 0.717) is 22.1 Å². The van der Waals surface area contributed by atoms with Gasteiger partial charge in [-0.2, -0.15) is 0 Å². The highest BCUT2D eigenvalue weighted by atomic mass is 32.1. The van der Waals surface area contributed by atoms with Crippen LogP contribution in [0.3, 0.4) is 0 Å². The average molecular weight is 309 g/mol. The summed E-state index contributed by atoms with van der Waals surface area (Å²) in [4.78, 5) is 16.5. The van der Waals surface area contributed by atoms with E-state index in [0.717, 1.165) is 5.56 Å². The molecule has 112 valence electrons. The SMILES string of the molecule is COC(=O)c1ncsc1-c1cc(OC)c(OC)c(OC)c1. The number of hydrogen-bond acceptors (Lipinski definition) is 7. The molecule has 0 saturated carbocycles. The first-order valence-electron chi connectivity index (χ1n) is 5.98. The maximum Gasteiger partial charge on any atom is 0.358 e. The smallest absolute Gasteiger partial charge is 0.358 e. The molecular formula is C14H15NO5S. The number of nitrogens with zero attached hydrogens (tertiary/aromatic N) is 1. The summed E-state index contributed by atoms with van der Waals surface area (Å²) in [5, 5.41) is 0. The Morgan fingerprint density at radius 2 is 1.67 bits per heavy atom. The van der Waals surface area contributed by atoms with Crippen LogP contribution in [0.1, 0.15) is 10.5 Å². The second-order valence-corrected chi connectivity index (χ2v) is 4.79. The van der Waals surface area contributed by atoms with Gasteiger partial charge in [0.25, 0.3) is 0 Å². The van der Waals surface area contributed by atoms with Gasteiger partial charge in [0, 0.05) is 5.56 Å². The monoisotopic (exact) mass is 309 g/mol. The van der Waals surface area contributed by atoms with Gasteiger partial charge in [0.1, 0.15) is 0 Å². The van der Waals surface area contributed by atoms with Gasteiger partial charge in [0.15, 0.2) is 17.2 Å². The molecule has 0 radical (unpaired) electrons. The van der Waals surface area contributed by atoms with Gasteiger partial charge in [0.05, 0.1) is 38.8 Å². The second kappa shape index (κ2) is 6.45. The largest absolute Gasteiger partial charge is 0.493 e. The van der Waals surface area contributed by atoms with Crippen molar-refractivity contribution in [2.75, 3.05) is 28.4 Å². The van der Waals surface area contributed by atoms with Gasteiger partial charge < -0.3 is 18.9 Å². The van der Waals surface area contributed by atoms with Crippen LogP contribution in [0.15, 0.2) is 17.6 Å². The number of rotatable bonds is 5. The molecule has 0 N–H and O–H groups in total. The van der Waals surface area contributed by atoms with Crippen LogP contribution in [0.4, 0.5) is 0 Å². The Morgan fingerprint density at radius 3 is 2.14 bits per heavy atom. The molecule has 2 rings (SSSR count). The second-order valence-electron chi connectivity index (χ2n) is 3.94. The van der Waals surface area contributed by atoms with Crippen LogP contribution in [0.5, 0.6) is 17.2 Å². The fraction of sp³-hybridized carbons (Fsp3) is 0.286. The zero-order chi connectivity index (χ0) is 15.4. The molecule has 2 aromatic rings. The molecule has 0 fully saturated rings. The van der Waals surface area contributed by atoms with Crippen LogP contribution in [-0.4, -0.2) is 39.4 Å². The lowest BCUT2D eigenvalue weighted by Crippen LogP contribution is -2.03. The van der Waals surface area contributed by atoms with Crippen LogP contribution in [0.25, 0.3) is 10.4 Å². The molecule has 6 nitrogen and oxygen atoms in total. The molecule has 1 aromatic heterocycles. The Morgan fingerprint density at radius 1 is 1.05 bits per heavy atom. The lowest BCUT2D eigenvalue weighted by Gasteiger charge is -2.13. The molecule has 0 amide bonds. The molecule has 7 heteroatoms. The van der Waals surface area contributed by atoms with Gasteiger partial charge in [-0.25, -0.2) is 9.78 Å². The topological polar surface area (TPSA) is 66.9 Å². The van der Waals surface area contributed by atoms with Crippen molar-refractivity contribution in [2.24, 2.45) is 0 Å². The van der Waals surface area contributed by atoms with Crippen molar-refractivity contribution < 1.29 is 23.7 Å². The summed E-state index contributed by atoms with van der Waals surface area (Å²) in [6, 6.07) is 3.53. The first-order valence-corrected chi connectivity index (χ1v) is 6.86. The number of esters is 1. The molecule has 0 unspecified atom stereocenters. The minimum absolute atomic E-state index is 0.261. The van der Waals surface area contributed by atoms with Crippen LogP contribution >= 0.6 is 11.3 Å². The fourth-order valence-electron chi connectivity index (χ4n) is 1.91. The lowest BCUT2D eigenvalue weighted by atomic mass is 10.1. The Kier molecular flexibility index (Phi) is 4.64. The molecular weight excluding hydrogens is 294 g/mol. The summed E-state index contributed by atoms with van der Waals surface area (Å²) in [5.41, 5.74) is 2.59. The molecule has 0 atom stereocenters. The number of carbonyl (C=O) groups is 1. The number of benzene rings is 1. The Labute approximate surface area is 126 Å². The molecule has 0 aliphatic carbocycles. The van der Waals surface area contributed by atoms with Gasteiger partial charge in [-0.3, -0.25) is 0 Å². The average Bonchev–Trinajstić information content (AvgIpc) is 3.02. The zero-order valence-corrected chi connectivity index (χ0v) is 12.9. The van der Waals surface area contributed by atoms with E-state index in [2.05, 4.69) is 4.98 Å². The van der Waals surface area contributed by atoms with Crippen molar-refractivity contribution in [1.82, 2.24) is 4.98 Å². The minimum Gasteiger partial charge on any atom is -0.493 e. The van der Waals surface area contributed by atoms with E-state index in [1.807, 2.05) is 0 Å². The third-order valence-corrected chi connectivity index (χ3v) is 3.75. The molecule has 0 spiro atoms. The van der Waals surface area contributed by atoms with E-state index in [4.69, 9.17) is 18.9 Å². The number of methoxy groups -OCH3 is 4. The number of thiazole rings is 1. The van der Waals surface area contributed by atoms with Crippen LogP contribution in [0.2, 0.25) is 0 Å². The van der Waals surface area contributed by atoms with E-state index >= 15 is 0 Å². The summed E-state index contributed by atoms with van der Waals surface area (Å²) in [6.45, 7) is 0. The van der Waals surface area contributed by atoms with Crippen molar-refractivity contribution >= 4 is 17.3 Å². The first kappa shape index (κ1) is 15.1. The fourth-order valence-corrected chi connectivity index (χ4v) is 2.67. The van der Waals surface area contributed by atoms with E-state index in [9.17, 15) is 4.79 Å². The standard InChI is InChI=1S/C14H15NO5S/c1-17-9-5-8(6-10(18-2)12(9)19-3)13-11(14(16)20-4)15-7-21-13/h5-7H,1-4H3. The van der Waals surface area contributed by atoms with Crippen LogP contribution in [0, 0.1) is 0 Å². The van der Waals surface area contributed by atoms with Gasteiger partial charge in [-0.05, 0) is 12.1 Å². The third kappa shape index (κ3) is 2.78. The van der Waals surface area contributed by atoms with Crippen molar-refractivity contribution in [3.05, 3.63) is 23.3 Å². The predicted octanol–water partition coefficient (Wildman–Crippen LogP) is 2.62. The van der Waals surface area contributed by atoms with Crippen LogP contribution in [-0.2, 0) is 4.74 Å². The van der Waals surface area contributed by atoms with Gasteiger partial charge in [-0.1, -0.05) is 0 Å². The highest BCUT2D eigenvalue weighted by Crippen LogP contribution is 2.42. The van der Waals surface area contributed by atoms with E-state index in [-0.39, 0.29) is 5.69 Å². The maximum absolute atomic E-state index is 11.7. The van der Waals surface area contributed by atoms with Gasteiger partial charge in [0.2, 0.25) is 5.75 Å². The summed E-state index contributed by atoms with van der Waals surface area (Å²) in [5.74, 6) is 1.03. The summed E-state index contributed by atoms with van der Waals surface area (Å²) in [6.07, 6.45) is 0. The molecule has 21 heavy (non-hydrogen) atoms. The minimum atomic E-state index is -0.486. The van der Waals surface area contributed by atoms with Crippen molar-refractivity contribution in [3.8, 4) is 27.7 Å². The number of carbonyl (C=O) groups excluding carboxylic acids is 1. The van der Waals surface area contributed by atoms with Gasteiger partial charge in [-0.15, -0.1) is 11.3 Å². The highest BCUT2D eigenvalue weighted by molar-refractivity contribution is 7.13. The van der Waals surface area contributed by atoms with Gasteiger partial charge >= 0.3 is 5.97 Å². The molecule has 1 aromatic carbocycles. The Bertz CT molecular complexity index is 628. The number of aromatic nitrogens is 1. The number of hydrogen-bond donors (Lipinski definition) is 0. The summed E-state index contributed by atoms with van der Waals surface area (Å²) < 4.78 is 20.6. The quantitative estimate of drug-likeness (QED) is 0.791. The van der Waals surface area contributed by atoms with Crippen molar-refractivity contribution in [2.45, 2.75) is 0 Å². The number of ether oxygens (including phenoxy) is 4. The molecule has 0 saturated heterocycles. The lowest BCUT2D eigenvalue weighted by molar-refractivity contribution is 0.0596. The van der Waals surface area contributed by atoms with E-state index in [1.54, 1.807) is 17.6 Å². The molecule has 0 aliphatic rings. The summed E-state index contributed by atoms with van der Waals surface area (Å²) >= 11 is 1.33.